The molecule has 1 unspecified atom stereocenters. The number of nitriles is 1. The van der Waals surface area contributed by atoms with E-state index in [4.69, 9.17) is 4.74 Å². The molecule has 0 radical (unpaired) electrons. The van der Waals surface area contributed by atoms with Crippen molar-refractivity contribution >= 4 is 50.2 Å². The fourth-order valence-electron chi connectivity index (χ4n) is 9.22. The Bertz CT molecular complexity index is 2610. The van der Waals surface area contributed by atoms with Crippen molar-refractivity contribution in [1.82, 2.24) is 29.0 Å². The van der Waals surface area contributed by atoms with Crippen LogP contribution in [0.25, 0.3) is 10.9 Å². The summed E-state index contributed by atoms with van der Waals surface area (Å²) in [6, 6.07) is 15.9. The molecule has 3 aromatic carbocycles. The number of anilines is 2. The molecule has 3 aliphatic heterocycles. The van der Waals surface area contributed by atoms with E-state index in [0.29, 0.717) is 67.0 Å². The first-order valence-electron chi connectivity index (χ1n) is 21.1. The molecule has 4 aliphatic rings. The molecule has 4 heterocycles. The Kier molecular flexibility index (Phi) is 12.0. The molecule has 3 N–H and O–H groups in total. The van der Waals surface area contributed by atoms with Crippen molar-refractivity contribution in [3.63, 3.8) is 0 Å². The summed E-state index contributed by atoms with van der Waals surface area (Å²) in [5.74, 6) is -0.494. The maximum Gasteiger partial charge on any atom is 0.301 e. The third-order valence-electron chi connectivity index (χ3n) is 13.1. The number of halogens is 1. The van der Waals surface area contributed by atoms with E-state index < -0.39 is 22.2 Å². The van der Waals surface area contributed by atoms with E-state index in [2.05, 4.69) is 25.2 Å². The number of hydrogen-bond donors (Lipinski definition) is 3. The number of likely N-dealkylation sites (tertiary alicyclic amines) is 2. The van der Waals surface area contributed by atoms with E-state index >= 15 is 4.39 Å². The highest BCUT2D eigenvalue weighted by Crippen LogP contribution is 2.54. The summed E-state index contributed by atoms with van der Waals surface area (Å²) in [5.41, 5.74) is 1.53. The van der Waals surface area contributed by atoms with E-state index in [1.54, 1.807) is 60.3 Å². The van der Waals surface area contributed by atoms with Gasteiger partial charge in [0, 0.05) is 44.8 Å². The number of nitrogens with zero attached hydrogens (tertiary/aromatic N) is 6. The van der Waals surface area contributed by atoms with Crippen LogP contribution in [0.5, 0.6) is 11.5 Å². The molecule has 1 atom stereocenters. The highest BCUT2D eigenvalue weighted by molar-refractivity contribution is 7.90. The number of nitrogens with one attached hydrogen (secondary N) is 3. The number of fused-ring (bicyclic) bond motifs is 1. The predicted octanol–water partition coefficient (Wildman–Crippen LogP) is 4.85. The van der Waals surface area contributed by atoms with Gasteiger partial charge >= 0.3 is 10.2 Å². The lowest BCUT2D eigenvalue weighted by atomic mass is 9.60. The van der Waals surface area contributed by atoms with E-state index in [9.17, 15) is 32.9 Å². The molecule has 8 rings (SSSR count). The van der Waals surface area contributed by atoms with Crippen LogP contribution in [0.1, 0.15) is 81.4 Å². The summed E-state index contributed by atoms with van der Waals surface area (Å²) in [7, 11) is -2.46. The maximum atomic E-state index is 15.3. The van der Waals surface area contributed by atoms with Crippen molar-refractivity contribution in [3.05, 3.63) is 88.2 Å². The summed E-state index contributed by atoms with van der Waals surface area (Å²) in [5, 5.41) is 15.6. The molecule has 1 aliphatic carbocycles. The Hall–Kier alpha value is -5.90. The second kappa shape index (κ2) is 17.5. The number of rotatable bonds is 12. The van der Waals surface area contributed by atoms with Crippen LogP contribution in [0.4, 0.5) is 15.8 Å². The summed E-state index contributed by atoms with van der Waals surface area (Å²) in [4.78, 5) is 59.5. The van der Waals surface area contributed by atoms with Crippen LogP contribution in [0, 0.1) is 22.6 Å². The minimum absolute atomic E-state index is 0.00151. The fourth-order valence-corrected chi connectivity index (χ4v) is 10.2. The first-order valence-corrected chi connectivity index (χ1v) is 22.5. The van der Waals surface area contributed by atoms with Crippen molar-refractivity contribution in [2.24, 2.45) is 5.41 Å². The second-order valence-electron chi connectivity index (χ2n) is 16.9. The lowest BCUT2D eigenvalue weighted by Crippen LogP contribution is -2.52. The topological polar surface area (TPSA) is 199 Å². The zero-order valence-corrected chi connectivity index (χ0v) is 35.5. The Labute approximate surface area is 359 Å². The molecule has 3 saturated heterocycles. The van der Waals surface area contributed by atoms with Gasteiger partial charge in [0.1, 0.15) is 35.0 Å². The molecular formula is C44H50FN9O7S. The number of hydrogen-bond acceptors (Lipinski definition) is 11. The third kappa shape index (κ3) is 8.88. The minimum atomic E-state index is -3.89. The van der Waals surface area contributed by atoms with Crippen LogP contribution in [0.3, 0.4) is 0 Å². The number of imide groups is 1. The maximum absolute atomic E-state index is 15.3. The van der Waals surface area contributed by atoms with E-state index in [-0.39, 0.29) is 70.5 Å². The Morgan fingerprint density at radius 3 is 2.50 bits per heavy atom. The van der Waals surface area contributed by atoms with Crippen LogP contribution in [0.2, 0.25) is 0 Å². The number of amides is 3. The van der Waals surface area contributed by atoms with Crippen molar-refractivity contribution in [2.75, 3.05) is 56.4 Å². The Morgan fingerprint density at radius 2 is 1.81 bits per heavy atom. The number of carbonyl (C=O) groups is 3. The van der Waals surface area contributed by atoms with E-state index in [1.165, 1.54) is 19.2 Å². The highest BCUT2D eigenvalue weighted by Gasteiger charge is 2.47. The quantitative estimate of drug-likeness (QED) is 0.165. The van der Waals surface area contributed by atoms with Gasteiger partial charge in [-0.25, -0.2) is 9.37 Å². The van der Waals surface area contributed by atoms with E-state index in [0.717, 1.165) is 42.8 Å². The van der Waals surface area contributed by atoms with Crippen LogP contribution < -0.4 is 25.7 Å². The average molecular weight is 868 g/mol. The molecule has 4 fully saturated rings. The Balaban J connectivity index is 0.822. The van der Waals surface area contributed by atoms with Crippen LogP contribution >= 0.6 is 0 Å². The molecule has 326 valence electrons. The largest absolute Gasteiger partial charge is 0.456 e. The van der Waals surface area contributed by atoms with Gasteiger partial charge in [-0.15, -0.1) is 0 Å². The van der Waals surface area contributed by atoms with Crippen LogP contribution in [0.15, 0.2) is 65.7 Å². The first kappa shape index (κ1) is 42.8. The van der Waals surface area contributed by atoms with Crippen molar-refractivity contribution in [2.45, 2.75) is 76.3 Å². The van der Waals surface area contributed by atoms with Gasteiger partial charge in [-0.3, -0.25) is 38.7 Å². The molecule has 18 heteroatoms. The summed E-state index contributed by atoms with van der Waals surface area (Å²) in [6.45, 7) is 4.93. The number of aromatic nitrogens is 2. The van der Waals surface area contributed by atoms with Crippen LogP contribution in [-0.2, 0) is 24.6 Å². The summed E-state index contributed by atoms with van der Waals surface area (Å²) >= 11 is 0. The Morgan fingerprint density at radius 1 is 1.05 bits per heavy atom. The molecule has 1 spiro atoms. The minimum Gasteiger partial charge on any atom is -0.456 e. The molecule has 3 amide bonds. The van der Waals surface area contributed by atoms with Gasteiger partial charge < -0.3 is 15.0 Å². The lowest BCUT2D eigenvalue weighted by Gasteiger charge is -2.52. The standard InChI is InChI=1S/C44H50FN9O7S/c1-3-51(2)62(59,60)50-37-5-4-6-39(34(37)25-46)61-31-8-10-36-33(22-31)43(58)54(27-47-36)30-23-44(24-30)15-19-53(20-16-44)41(56)26-52-17-13-28(14-18-52)32-9-7-29(21-35(32)45)48-38-11-12-40(55)49-42(38)57/h4-10,21-22,27-28,30,38,48,50H,3,11-20,23-24,26H2,1-2H3,(H,49,55,57). The number of ether oxygens (including phenoxy) is 1. The summed E-state index contributed by atoms with van der Waals surface area (Å²) < 4.78 is 51.9. The SMILES string of the molecule is CCN(C)S(=O)(=O)Nc1cccc(Oc2ccc3ncn(C4CC5(CCN(C(=O)CN6CCC(c7ccc(NC8CCC(=O)NC8=O)cc7F)CC6)CC5)C4)c(=O)c3c2)c1C#N. The van der Waals surface area contributed by atoms with Gasteiger partial charge in [0.2, 0.25) is 17.7 Å². The van der Waals surface area contributed by atoms with E-state index in [1.807, 2.05) is 11.0 Å². The van der Waals surface area contributed by atoms with Gasteiger partial charge in [-0.1, -0.05) is 19.1 Å². The zero-order valence-electron chi connectivity index (χ0n) is 34.7. The third-order valence-corrected chi connectivity index (χ3v) is 14.6. The molecule has 16 nitrogen and oxygen atoms in total. The molecule has 4 aromatic rings. The summed E-state index contributed by atoms with van der Waals surface area (Å²) in [6.07, 6.45) is 6.95. The van der Waals surface area contributed by atoms with Crippen molar-refractivity contribution in [1.29, 1.82) is 5.26 Å². The molecule has 1 saturated carbocycles. The predicted molar refractivity (Wildman–Crippen MR) is 229 cm³/mol. The van der Waals surface area contributed by atoms with Crippen molar-refractivity contribution < 1.29 is 31.9 Å². The van der Waals surface area contributed by atoms with Gasteiger partial charge in [-0.05, 0) is 117 Å². The fraction of sp³-hybridized carbons (Fsp3) is 0.455. The zero-order chi connectivity index (χ0) is 43.8. The van der Waals surface area contributed by atoms with Gasteiger partial charge in [0.25, 0.3) is 5.56 Å². The molecule has 62 heavy (non-hydrogen) atoms. The molecule has 0 bridgehead atoms. The van der Waals surface area contributed by atoms with Crippen LogP contribution in [-0.4, -0.2) is 102 Å². The molecular weight excluding hydrogens is 818 g/mol. The van der Waals surface area contributed by atoms with Gasteiger partial charge in [0.05, 0.1) is 29.5 Å². The lowest BCUT2D eigenvalue weighted by molar-refractivity contribution is -0.137. The number of carbonyl (C=O) groups excluding carboxylic acids is 3. The van der Waals surface area contributed by atoms with Gasteiger partial charge in [-0.2, -0.15) is 18.0 Å². The first-order chi connectivity index (χ1) is 29.7. The highest BCUT2D eigenvalue weighted by atomic mass is 32.2. The second-order valence-corrected chi connectivity index (χ2v) is 18.7. The number of piperidine rings is 3. The smallest absolute Gasteiger partial charge is 0.301 e. The number of benzene rings is 3. The van der Waals surface area contributed by atoms with Crippen molar-refractivity contribution in [3.8, 4) is 17.6 Å². The normalized spacial score (nSPS) is 19.9. The van der Waals surface area contributed by atoms with Gasteiger partial charge in [0.15, 0.2) is 0 Å². The average Bonchev–Trinajstić information content (AvgIpc) is 3.24. The molecule has 1 aromatic heterocycles. The monoisotopic (exact) mass is 867 g/mol.